The highest BCUT2D eigenvalue weighted by molar-refractivity contribution is 5.32. The largest absolute Gasteiger partial charge is 0.339 e. The summed E-state index contributed by atoms with van der Waals surface area (Å²) in [6.45, 7) is 11.8. The summed E-state index contributed by atoms with van der Waals surface area (Å²) in [5, 5.41) is 9.04. The SMILES string of the molecule is CC(C)Cn1cc(C(C)(C)C)cc1C#N. The van der Waals surface area contributed by atoms with Crippen LogP contribution in [-0.2, 0) is 12.0 Å². The lowest BCUT2D eigenvalue weighted by atomic mass is 9.89. The van der Waals surface area contributed by atoms with Crippen molar-refractivity contribution in [2.45, 2.75) is 46.6 Å². The second-order valence-corrected chi connectivity index (χ2v) is 5.52. The molecule has 1 aromatic heterocycles. The molecular weight excluding hydrogens is 184 g/mol. The third-order valence-electron chi connectivity index (χ3n) is 2.44. The first kappa shape index (κ1) is 11.8. The average Bonchev–Trinajstić information content (AvgIpc) is 2.45. The van der Waals surface area contributed by atoms with Gasteiger partial charge in [-0.25, -0.2) is 0 Å². The molecule has 0 aromatic carbocycles. The van der Waals surface area contributed by atoms with E-state index in [0.29, 0.717) is 5.92 Å². The minimum absolute atomic E-state index is 0.119. The third-order valence-corrected chi connectivity index (χ3v) is 2.44. The van der Waals surface area contributed by atoms with Crippen molar-refractivity contribution in [2.24, 2.45) is 5.92 Å². The molecule has 0 radical (unpaired) electrons. The molecule has 0 aliphatic rings. The first-order valence-corrected chi connectivity index (χ1v) is 5.45. The molecule has 0 bridgehead atoms. The van der Waals surface area contributed by atoms with E-state index in [1.165, 1.54) is 5.56 Å². The van der Waals surface area contributed by atoms with Gasteiger partial charge in [0, 0.05) is 12.7 Å². The van der Waals surface area contributed by atoms with Crippen LogP contribution in [0, 0.1) is 17.2 Å². The molecule has 2 heteroatoms. The Bertz CT molecular complexity index is 372. The number of nitrogens with zero attached hydrogens (tertiary/aromatic N) is 2. The van der Waals surface area contributed by atoms with Gasteiger partial charge in [-0.15, -0.1) is 0 Å². The molecule has 0 N–H and O–H groups in total. The van der Waals surface area contributed by atoms with Gasteiger partial charge in [-0.1, -0.05) is 34.6 Å². The van der Waals surface area contributed by atoms with Crippen LogP contribution in [0.25, 0.3) is 0 Å². The van der Waals surface area contributed by atoms with Crippen molar-refractivity contribution >= 4 is 0 Å². The summed E-state index contributed by atoms with van der Waals surface area (Å²) >= 11 is 0. The number of hydrogen-bond acceptors (Lipinski definition) is 1. The summed E-state index contributed by atoms with van der Waals surface area (Å²) < 4.78 is 2.06. The van der Waals surface area contributed by atoms with Gasteiger partial charge in [0.1, 0.15) is 11.8 Å². The molecule has 0 saturated carbocycles. The summed E-state index contributed by atoms with van der Waals surface area (Å²) in [5.41, 5.74) is 2.13. The molecule has 0 fully saturated rings. The van der Waals surface area contributed by atoms with Gasteiger partial charge in [-0.05, 0) is 23.0 Å². The maximum Gasteiger partial charge on any atom is 0.120 e. The van der Waals surface area contributed by atoms with Gasteiger partial charge in [-0.3, -0.25) is 0 Å². The van der Waals surface area contributed by atoms with Crippen LogP contribution in [0.5, 0.6) is 0 Å². The second kappa shape index (κ2) is 4.10. The Balaban J connectivity index is 3.08. The van der Waals surface area contributed by atoms with Crippen LogP contribution < -0.4 is 0 Å². The monoisotopic (exact) mass is 204 g/mol. The summed E-state index contributed by atoms with van der Waals surface area (Å²) in [5.74, 6) is 0.567. The minimum atomic E-state index is 0.119. The fourth-order valence-corrected chi connectivity index (χ4v) is 1.56. The highest BCUT2D eigenvalue weighted by atomic mass is 15.0. The van der Waals surface area contributed by atoms with E-state index in [1.807, 2.05) is 6.07 Å². The van der Waals surface area contributed by atoms with E-state index >= 15 is 0 Å². The Morgan fingerprint density at radius 1 is 1.40 bits per heavy atom. The molecular formula is C13H20N2. The highest BCUT2D eigenvalue weighted by Gasteiger charge is 2.17. The standard InChI is InChI=1S/C13H20N2/c1-10(2)8-15-9-11(13(3,4)5)6-12(15)7-14/h6,9-10H,8H2,1-5H3. The lowest BCUT2D eigenvalue weighted by Crippen LogP contribution is -2.10. The molecule has 0 unspecified atom stereocenters. The lowest BCUT2D eigenvalue weighted by molar-refractivity contribution is 0.516. The first-order valence-electron chi connectivity index (χ1n) is 5.45. The lowest BCUT2D eigenvalue weighted by Gasteiger charge is -2.16. The molecule has 0 saturated heterocycles. The Kier molecular flexibility index (Phi) is 3.24. The molecule has 0 aliphatic heterocycles. The van der Waals surface area contributed by atoms with Crippen molar-refractivity contribution in [3.8, 4) is 6.07 Å². The van der Waals surface area contributed by atoms with E-state index < -0.39 is 0 Å². The fourth-order valence-electron chi connectivity index (χ4n) is 1.56. The van der Waals surface area contributed by atoms with Gasteiger partial charge in [0.25, 0.3) is 0 Å². The predicted octanol–water partition coefficient (Wildman–Crippen LogP) is 3.31. The van der Waals surface area contributed by atoms with E-state index in [4.69, 9.17) is 5.26 Å². The van der Waals surface area contributed by atoms with Crippen LogP contribution in [0.15, 0.2) is 12.3 Å². The van der Waals surface area contributed by atoms with Gasteiger partial charge in [-0.2, -0.15) is 5.26 Å². The smallest absolute Gasteiger partial charge is 0.120 e. The molecule has 0 spiro atoms. The molecule has 82 valence electrons. The van der Waals surface area contributed by atoms with Crippen molar-refractivity contribution in [1.82, 2.24) is 4.57 Å². The van der Waals surface area contributed by atoms with Crippen molar-refractivity contribution in [1.29, 1.82) is 5.26 Å². The zero-order chi connectivity index (χ0) is 11.6. The van der Waals surface area contributed by atoms with Crippen molar-refractivity contribution in [3.05, 3.63) is 23.5 Å². The van der Waals surface area contributed by atoms with Crippen LogP contribution in [0.2, 0.25) is 0 Å². The summed E-state index contributed by atoms with van der Waals surface area (Å²) in [6.07, 6.45) is 2.11. The van der Waals surface area contributed by atoms with E-state index in [-0.39, 0.29) is 5.41 Å². The summed E-state index contributed by atoms with van der Waals surface area (Å²) in [4.78, 5) is 0. The molecule has 0 atom stereocenters. The van der Waals surface area contributed by atoms with E-state index in [2.05, 4.69) is 51.5 Å². The predicted molar refractivity (Wildman–Crippen MR) is 62.7 cm³/mol. The van der Waals surface area contributed by atoms with Gasteiger partial charge < -0.3 is 4.57 Å². The third kappa shape index (κ3) is 2.86. The van der Waals surface area contributed by atoms with Gasteiger partial charge in [0.15, 0.2) is 0 Å². The van der Waals surface area contributed by atoms with Gasteiger partial charge in [0.2, 0.25) is 0 Å². The molecule has 1 rings (SSSR count). The molecule has 2 nitrogen and oxygen atoms in total. The van der Waals surface area contributed by atoms with Crippen LogP contribution in [0.3, 0.4) is 0 Å². The van der Waals surface area contributed by atoms with Crippen LogP contribution >= 0.6 is 0 Å². The van der Waals surface area contributed by atoms with E-state index in [1.54, 1.807) is 0 Å². The van der Waals surface area contributed by atoms with E-state index in [0.717, 1.165) is 12.2 Å². The summed E-state index contributed by atoms with van der Waals surface area (Å²) in [7, 11) is 0. The molecule has 0 aliphatic carbocycles. The molecule has 1 aromatic rings. The van der Waals surface area contributed by atoms with Crippen molar-refractivity contribution < 1.29 is 0 Å². The summed E-state index contributed by atoms with van der Waals surface area (Å²) in [6, 6.07) is 4.26. The molecule has 0 amide bonds. The quantitative estimate of drug-likeness (QED) is 0.726. The maximum atomic E-state index is 9.04. The Morgan fingerprint density at radius 2 is 2.00 bits per heavy atom. The van der Waals surface area contributed by atoms with Gasteiger partial charge in [0.05, 0.1) is 0 Å². The number of hydrogen-bond donors (Lipinski definition) is 0. The zero-order valence-electron chi connectivity index (χ0n) is 10.3. The topological polar surface area (TPSA) is 28.7 Å². The van der Waals surface area contributed by atoms with Crippen LogP contribution in [-0.4, -0.2) is 4.57 Å². The highest BCUT2D eigenvalue weighted by Crippen LogP contribution is 2.24. The first-order chi connectivity index (χ1) is 6.84. The minimum Gasteiger partial charge on any atom is -0.339 e. The van der Waals surface area contributed by atoms with E-state index in [9.17, 15) is 0 Å². The number of nitriles is 1. The maximum absolute atomic E-state index is 9.04. The molecule has 1 heterocycles. The van der Waals surface area contributed by atoms with Crippen molar-refractivity contribution in [2.75, 3.05) is 0 Å². The Hall–Kier alpha value is -1.23. The van der Waals surface area contributed by atoms with Crippen molar-refractivity contribution in [3.63, 3.8) is 0 Å². The van der Waals surface area contributed by atoms with Gasteiger partial charge >= 0.3 is 0 Å². The molecule has 15 heavy (non-hydrogen) atoms. The average molecular weight is 204 g/mol. The Labute approximate surface area is 92.5 Å². The number of aromatic nitrogens is 1. The van der Waals surface area contributed by atoms with Crippen LogP contribution in [0.1, 0.15) is 45.9 Å². The zero-order valence-corrected chi connectivity index (χ0v) is 10.3. The second-order valence-electron chi connectivity index (χ2n) is 5.52. The Morgan fingerprint density at radius 3 is 2.40 bits per heavy atom. The number of rotatable bonds is 2. The van der Waals surface area contributed by atoms with Crippen LogP contribution in [0.4, 0.5) is 0 Å². The normalized spacial score (nSPS) is 11.8. The fraction of sp³-hybridized carbons (Fsp3) is 0.615.